The first kappa shape index (κ1) is 16.6. The van der Waals surface area contributed by atoms with Gasteiger partial charge in [0.1, 0.15) is 5.69 Å². The maximum absolute atomic E-state index is 13.5. The summed E-state index contributed by atoms with van der Waals surface area (Å²) in [7, 11) is 0. The van der Waals surface area contributed by atoms with E-state index in [-0.39, 0.29) is 23.8 Å². The monoisotopic (exact) mass is 335 g/mol. The first-order chi connectivity index (χ1) is 11.6. The highest BCUT2D eigenvalue weighted by molar-refractivity contribution is 5.26. The summed E-state index contributed by atoms with van der Waals surface area (Å²) in [6, 6.07) is 3.69. The van der Waals surface area contributed by atoms with Crippen molar-refractivity contribution in [2.75, 3.05) is 19.7 Å². The van der Waals surface area contributed by atoms with Crippen LogP contribution in [0.15, 0.2) is 35.4 Å². The average Bonchev–Trinajstić information content (AvgIpc) is 2.58. The van der Waals surface area contributed by atoms with Crippen molar-refractivity contribution in [2.45, 2.75) is 19.4 Å². The van der Waals surface area contributed by atoms with E-state index in [0.29, 0.717) is 12.2 Å². The highest BCUT2D eigenvalue weighted by Gasteiger charge is 2.22. The van der Waals surface area contributed by atoms with E-state index in [1.807, 2.05) is 0 Å². The first-order valence-corrected chi connectivity index (χ1v) is 7.95. The van der Waals surface area contributed by atoms with Crippen LogP contribution in [0.1, 0.15) is 18.5 Å². The molecule has 1 aromatic carbocycles. The molecule has 7 heteroatoms. The largest absolute Gasteiger partial charge is 0.487 e. The van der Waals surface area contributed by atoms with Gasteiger partial charge in [0.25, 0.3) is 5.56 Å². The number of likely N-dealkylation sites (tertiary alicyclic amines) is 1. The minimum absolute atomic E-state index is 0.169. The molecular formula is C17H19F2N3O2. The molecule has 128 valence electrons. The van der Waals surface area contributed by atoms with E-state index >= 15 is 0 Å². The Balaban J connectivity index is 1.49. The van der Waals surface area contributed by atoms with Crippen molar-refractivity contribution < 1.29 is 13.5 Å². The SMILES string of the molecule is O=c1[nH]ccnc1CN1CCC(COc2c(F)cccc2F)CC1. The van der Waals surface area contributed by atoms with Crippen molar-refractivity contribution in [1.29, 1.82) is 0 Å². The fourth-order valence-corrected chi connectivity index (χ4v) is 2.84. The van der Waals surface area contributed by atoms with E-state index in [4.69, 9.17) is 4.74 Å². The van der Waals surface area contributed by atoms with Gasteiger partial charge < -0.3 is 9.72 Å². The molecule has 1 fully saturated rings. The number of halogens is 2. The molecule has 1 aliphatic rings. The van der Waals surface area contributed by atoms with Gasteiger partial charge in [-0.3, -0.25) is 14.7 Å². The number of nitrogens with one attached hydrogen (secondary N) is 1. The fraction of sp³-hybridized carbons (Fsp3) is 0.412. The number of piperidine rings is 1. The Morgan fingerprint density at radius 3 is 2.62 bits per heavy atom. The van der Waals surface area contributed by atoms with Gasteiger partial charge in [0.15, 0.2) is 17.4 Å². The number of benzene rings is 1. The van der Waals surface area contributed by atoms with Crippen molar-refractivity contribution in [2.24, 2.45) is 5.92 Å². The maximum Gasteiger partial charge on any atom is 0.270 e. The predicted molar refractivity (Wildman–Crippen MR) is 84.7 cm³/mol. The summed E-state index contributed by atoms with van der Waals surface area (Å²) in [5.41, 5.74) is 0.332. The van der Waals surface area contributed by atoms with Gasteiger partial charge >= 0.3 is 0 Å². The molecule has 0 unspecified atom stereocenters. The molecule has 0 bridgehead atoms. The summed E-state index contributed by atoms with van der Waals surface area (Å²) < 4.78 is 32.4. The summed E-state index contributed by atoms with van der Waals surface area (Å²) in [5.74, 6) is -1.43. The molecule has 3 rings (SSSR count). The zero-order valence-corrected chi connectivity index (χ0v) is 13.2. The van der Waals surface area contributed by atoms with Gasteiger partial charge in [-0.15, -0.1) is 0 Å². The lowest BCUT2D eigenvalue weighted by Gasteiger charge is -2.31. The van der Waals surface area contributed by atoms with Crippen LogP contribution >= 0.6 is 0 Å². The van der Waals surface area contributed by atoms with Gasteiger partial charge in [-0.1, -0.05) is 6.07 Å². The number of H-pyrrole nitrogens is 1. The summed E-state index contributed by atoms with van der Waals surface area (Å²) in [6.07, 6.45) is 4.78. The van der Waals surface area contributed by atoms with E-state index in [9.17, 15) is 13.6 Å². The van der Waals surface area contributed by atoms with E-state index in [1.54, 1.807) is 6.20 Å². The van der Waals surface area contributed by atoms with Crippen molar-refractivity contribution in [3.05, 3.63) is 58.3 Å². The minimum atomic E-state index is -0.679. The van der Waals surface area contributed by atoms with Gasteiger partial charge in [-0.25, -0.2) is 8.78 Å². The molecule has 5 nitrogen and oxygen atoms in total. The lowest BCUT2D eigenvalue weighted by molar-refractivity contribution is 0.131. The molecule has 0 amide bonds. The quantitative estimate of drug-likeness (QED) is 0.911. The van der Waals surface area contributed by atoms with E-state index in [2.05, 4.69) is 14.9 Å². The third kappa shape index (κ3) is 3.97. The Hall–Kier alpha value is -2.28. The second-order valence-electron chi connectivity index (χ2n) is 5.95. The van der Waals surface area contributed by atoms with Crippen LogP contribution in [0.4, 0.5) is 8.78 Å². The van der Waals surface area contributed by atoms with Gasteiger partial charge in [-0.05, 0) is 44.0 Å². The molecule has 24 heavy (non-hydrogen) atoms. The van der Waals surface area contributed by atoms with Gasteiger partial charge in [-0.2, -0.15) is 0 Å². The van der Waals surface area contributed by atoms with E-state index in [1.165, 1.54) is 24.4 Å². The lowest BCUT2D eigenvalue weighted by Crippen LogP contribution is -2.36. The molecule has 1 aliphatic heterocycles. The molecule has 2 heterocycles. The minimum Gasteiger partial charge on any atom is -0.487 e. The summed E-state index contributed by atoms with van der Waals surface area (Å²) in [6.45, 7) is 2.38. The molecule has 2 aromatic rings. The Morgan fingerprint density at radius 1 is 1.25 bits per heavy atom. The van der Waals surface area contributed by atoms with Crippen LogP contribution in [0.2, 0.25) is 0 Å². The Labute approximate surface area is 138 Å². The van der Waals surface area contributed by atoms with E-state index < -0.39 is 11.6 Å². The second kappa shape index (κ2) is 7.53. The normalized spacial score (nSPS) is 16.2. The Kier molecular flexibility index (Phi) is 5.20. The number of ether oxygens (including phenoxy) is 1. The topological polar surface area (TPSA) is 58.2 Å². The maximum atomic E-state index is 13.5. The molecule has 0 aliphatic carbocycles. The summed E-state index contributed by atoms with van der Waals surface area (Å²) in [5, 5.41) is 0. The number of aromatic amines is 1. The highest BCUT2D eigenvalue weighted by atomic mass is 19.1. The molecule has 0 spiro atoms. The van der Waals surface area contributed by atoms with Crippen molar-refractivity contribution in [3.8, 4) is 5.75 Å². The van der Waals surface area contributed by atoms with Gasteiger partial charge in [0.05, 0.1) is 6.61 Å². The van der Waals surface area contributed by atoms with Crippen LogP contribution in [-0.4, -0.2) is 34.6 Å². The molecule has 1 aromatic heterocycles. The Morgan fingerprint density at radius 2 is 1.96 bits per heavy atom. The van der Waals surface area contributed by atoms with Gasteiger partial charge in [0, 0.05) is 18.9 Å². The molecule has 0 saturated carbocycles. The molecule has 0 radical (unpaired) electrons. The molecular weight excluding hydrogens is 316 g/mol. The molecule has 1 N–H and O–H groups in total. The van der Waals surface area contributed by atoms with Crippen LogP contribution in [0.5, 0.6) is 5.75 Å². The third-order valence-corrected chi connectivity index (χ3v) is 4.24. The van der Waals surface area contributed by atoms with Crippen molar-refractivity contribution in [3.63, 3.8) is 0 Å². The second-order valence-corrected chi connectivity index (χ2v) is 5.95. The van der Waals surface area contributed by atoms with Crippen LogP contribution in [0.3, 0.4) is 0 Å². The predicted octanol–water partition coefficient (Wildman–Crippen LogP) is 2.34. The number of hydrogen-bond acceptors (Lipinski definition) is 4. The molecule has 0 atom stereocenters. The number of rotatable bonds is 5. The lowest BCUT2D eigenvalue weighted by atomic mass is 9.97. The zero-order chi connectivity index (χ0) is 16.9. The van der Waals surface area contributed by atoms with Gasteiger partial charge in [0.2, 0.25) is 0 Å². The van der Waals surface area contributed by atoms with Crippen LogP contribution in [-0.2, 0) is 6.54 Å². The van der Waals surface area contributed by atoms with Crippen LogP contribution < -0.4 is 10.3 Å². The average molecular weight is 335 g/mol. The number of hydrogen-bond donors (Lipinski definition) is 1. The first-order valence-electron chi connectivity index (χ1n) is 7.95. The Bertz CT molecular complexity index is 722. The standard InChI is InChI=1S/C17H19F2N3O2/c18-13-2-1-3-14(19)16(13)24-11-12-4-8-22(9-5-12)10-15-17(23)21-7-6-20-15/h1-3,6-7,12H,4-5,8-11H2,(H,21,23). The number of aromatic nitrogens is 2. The van der Waals surface area contributed by atoms with E-state index in [0.717, 1.165) is 25.9 Å². The highest BCUT2D eigenvalue weighted by Crippen LogP contribution is 2.24. The van der Waals surface area contributed by atoms with Crippen molar-refractivity contribution in [1.82, 2.24) is 14.9 Å². The van der Waals surface area contributed by atoms with Crippen LogP contribution in [0, 0.1) is 17.6 Å². The third-order valence-electron chi connectivity index (χ3n) is 4.24. The number of nitrogens with zero attached hydrogens (tertiary/aromatic N) is 2. The van der Waals surface area contributed by atoms with Crippen molar-refractivity contribution >= 4 is 0 Å². The fourth-order valence-electron chi connectivity index (χ4n) is 2.84. The van der Waals surface area contributed by atoms with Crippen LogP contribution in [0.25, 0.3) is 0 Å². The zero-order valence-electron chi connectivity index (χ0n) is 13.2. The molecule has 1 saturated heterocycles. The number of para-hydroxylation sites is 1. The smallest absolute Gasteiger partial charge is 0.270 e. The summed E-state index contributed by atoms with van der Waals surface area (Å²) >= 11 is 0. The summed E-state index contributed by atoms with van der Waals surface area (Å²) in [4.78, 5) is 20.5.